The summed E-state index contributed by atoms with van der Waals surface area (Å²) in [5, 5.41) is 9.58. The summed E-state index contributed by atoms with van der Waals surface area (Å²) < 4.78 is 0. The zero-order valence-corrected chi connectivity index (χ0v) is 18.7. The van der Waals surface area contributed by atoms with Gasteiger partial charge in [-0.05, 0) is 74.6 Å². The lowest BCUT2D eigenvalue weighted by Gasteiger charge is -2.26. The van der Waals surface area contributed by atoms with E-state index in [4.69, 9.17) is 0 Å². The molecule has 0 aliphatic heterocycles. The molecule has 0 amide bonds. The Bertz CT molecular complexity index is 896. The summed E-state index contributed by atoms with van der Waals surface area (Å²) in [5.74, 6) is 7.94. The predicted molar refractivity (Wildman–Crippen MR) is 126 cm³/mol. The molecule has 3 rings (SSSR count). The van der Waals surface area contributed by atoms with Crippen LogP contribution in [0.1, 0.15) is 98.4 Å². The Hall–Kier alpha value is -2.51. The maximum Gasteiger partial charge on any atom is 0.100 e. The standard InChI is InChI=1S/C29H35N/c1-3-4-5-6-7-8-25-14-20-28(29(21-25)22-30)19-13-24-11-17-27(18-12-24)26-15-9-23(2)10-16-26/h9-10,14-16,20-21,24,27H,3-8,11-12,17-18H2,1-2H3. The largest absolute Gasteiger partial charge is 0.192 e. The number of unbranched alkanes of at least 4 members (excludes halogenated alkanes) is 4. The molecule has 0 radical (unpaired) electrons. The molecule has 156 valence electrons. The Morgan fingerprint density at radius 1 is 0.867 bits per heavy atom. The maximum absolute atomic E-state index is 9.58. The molecule has 1 heteroatoms. The van der Waals surface area contributed by atoms with Crippen molar-refractivity contribution in [3.8, 4) is 17.9 Å². The molecule has 1 saturated carbocycles. The first-order valence-electron chi connectivity index (χ1n) is 11.8. The van der Waals surface area contributed by atoms with Crippen molar-refractivity contribution in [2.45, 2.75) is 84.0 Å². The van der Waals surface area contributed by atoms with Crippen molar-refractivity contribution in [3.63, 3.8) is 0 Å². The van der Waals surface area contributed by atoms with Gasteiger partial charge in [0, 0.05) is 11.5 Å². The van der Waals surface area contributed by atoms with E-state index in [0.717, 1.165) is 30.4 Å². The van der Waals surface area contributed by atoms with Gasteiger partial charge in [0.05, 0.1) is 5.56 Å². The second-order valence-electron chi connectivity index (χ2n) is 8.88. The quantitative estimate of drug-likeness (QED) is 0.347. The monoisotopic (exact) mass is 397 g/mol. The van der Waals surface area contributed by atoms with Gasteiger partial charge in [0.2, 0.25) is 0 Å². The van der Waals surface area contributed by atoms with Gasteiger partial charge in [0.15, 0.2) is 0 Å². The number of aryl methyl sites for hydroxylation is 2. The molecular weight excluding hydrogens is 362 g/mol. The summed E-state index contributed by atoms with van der Waals surface area (Å²) in [7, 11) is 0. The fraction of sp³-hybridized carbons (Fsp3) is 0.483. The SMILES string of the molecule is CCCCCCCc1ccc(C#CC2CCC(c3ccc(C)cc3)CC2)c(C#N)c1. The lowest BCUT2D eigenvalue weighted by molar-refractivity contribution is 0.384. The van der Waals surface area contributed by atoms with Crippen molar-refractivity contribution in [1.82, 2.24) is 0 Å². The van der Waals surface area contributed by atoms with Crippen molar-refractivity contribution >= 4 is 0 Å². The van der Waals surface area contributed by atoms with Crippen LogP contribution in [0.25, 0.3) is 0 Å². The highest BCUT2D eigenvalue weighted by atomic mass is 14.3. The summed E-state index contributed by atoms with van der Waals surface area (Å²) in [5.41, 5.74) is 5.71. The van der Waals surface area contributed by atoms with Crippen LogP contribution in [0.2, 0.25) is 0 Å². The summed E-state index contributed by atoms with van der Waals surface area (Å²) in [6, 6.07) is 17.7. The van der Waals surface area contributed by atoms with Crippen LogP contribution in [-0.2, 0) is 6.42 Å². The van der Waals surface area contributed by atoms with Crippen LogP contribution >= 0.6 is 0 Å². The van der Waals surface area contributed by atoms with E-state index in [0.29, 0.717) is 11.8 Å². The average molecular weight is 398 g/mol. The zero-order chi connectivity index (χ0) is 21.2. The van der Waals surface area contributed by atoms with Gasteiger partial charge in [0.1, 0.15) is 6.07 Å². The highest BCUT2D eigenvalue weighted by molar-refractivity contribution is 5.50. The number of hydrogen-bond donors (Lipinski definition) is 0. The van der Waals surface area contributed by atoms with E-state index in [9.17, 15) is 5.26 Å². The Kier molecular flexibility index (Phi) is 8.59. The number of hydrogen-bond acceptors (Lipinski definition) is 1. The van der Waals surface area contributed by atoms with Gasteiger partial charge < -0.3 is 0 Å². The minimum atomic E-state index is 0.455. The van der Waals surface area contributed by atoms with Gasteiger partial charge in [0.25, 0.3) is 0 Å². The average Bonchev–Trinajstić information content (AvgIpc) is 2.79. The second kappa shape index (κ2) is 11.6. The fourth-order valence-electron chi connectivity index (χ4n) is 4.47. The van der Waals surface area contributed by atoms with Gasteiger partial charge in [-0.25, -0.2) is 0 Å². The summed E-state index contributed by atoms with van der Waals surface area (Å²) >= 11 is 0. The Labute approximate surface area is 183 Å². The Morgan fingerprint density at radius 3 is 2.30 bits per heavy atom. The van der Waals surface area contributed by atoms with E-state index in [-0.39, 0.29) is 0 Å². The third-order valence-electron chi connectivity index (χ3n) is 6.46. The van der Waals surface area contributed by atoms with Crippen LogP contribution in [0.4, 0.5) is 0 Å². The van der Waals surface area contributed by atoms with Gasteiger partial charge in [-0.15, -0.1) is 0 Å². The molecule has 1 nitrogen and oxygen atoms in total. The first-order chi connectivity index (χ1) is 14.7. The fourth-order valence-corrected chi connectivity index (χ4v) is 4.47. The minimum absolute atomic E-state index is 0.455. The molecule has 0 aromatic heterocycles. The Morgan fingerprint density at radius 2 is 1.60 bits per heavy atom. The summed E-state index contributed by atoms with van der Waals surface area (Å²) in [6.45, 7) is 4.39. The predicted octanol–water partition coefficient (Wildman–Crippen LogP) is 7.71. The molecule has 0 unspecified atom stereocenters. The van der Waals surface area contributed by atoms with Crippen molar-refractivity contribution in [2.24, 2.45) is 5.92 Å². The van der Waals surface area contributed by atoms with Crippen LogP contribution in [-0.4, -0.2) is 0 Å². The van der Waals surface area contributed by atoms with Crippen molar-refractivity contribution < 1.29 is 0 Å². The van der Waals surface area contributed by atoms with Crippen LogP contribution in [0, 0.1) is 36.0 Å². The van der Waals surface area contributed by atoms with E-state index < -0.39 is 0 Å². The Balaban J connectivity index is 1.54. The second-order valence-corrected chi connectivity index (χ2v) is 8.88. The van der Waals surface area contributed by atoms with E-state index in [1.807, 2.05) is 0 Å². The number of nitriles is 1. The van der Waals surface area contributed by atoms with Gasteiger partial charge in [-0.3, -0.25) is 0 Å². The molecule has 1 aliphatic rings. The highest BCUT2D eigenvalue weighted by Crippen LogP contribution is 2.35. The molecule has 0 N–H and O–H groups in total. The first kappa shape index (κ1) is 22.2. The molecule has 1 aliphatic carbocycles. The molecule has 0 bridgehead atoms. The van der Waals surface area contributed by atoms with Crippen molar-refractivity contribution in [3.05, 3.63) is 70.3 Å². The highest BCUT2D eigenvalue weighted by Gasteiger charge is 2.21. The molecule has 0 heterocycles. The molecule has 0 atom stereocenters. The number of nitrogens with zero attached hydrogens (tertiary/aromatic N) is 1. The van der Waals surface area contributed by atoms with Crippen LogP contribution < -0.4 is 0 Å². The van der Waals surface area contributed by atoms with Gasteiger partial charge >= 0.3 is 0 Å². The van der Waals surface area contributed by atoms with E-state index >= 15 is 0 Å². The third-order valence-corrected chi connectivity index (χ3v) is 6.46. The lowest BCUT2D eigenvalue weighted by Crippen LogP contribution is -2.12. The lowest BCUT2D eigenvalue weighted by atomic mass is 9.79. The molecular formula is C29H35N. The molecule has 30 heavy (non-hydrogen) atoms. The van der Waals surface area contributed by atoms with E-state index in [2.05, 4.69) is 74.2 Å². The molecule has 0 saturated heterocycles. The van der Waals surface area contributed by atoms with E-state index in [1.54, 1.807) is 0 Å². The topological polar surface area (TPSA) is 23.8 Å². The smallest absolute Gasteiger partial charge is 0.100 e. The molecule has 1 fully saturated rings. The molecule has 2 aromatic rings. The van der Waals surface area contributed by atoms with Gasteiger partial charge in [-0.1, -0.05) is 80.3 Å². The summed E-state index contributed by atoms with van der Waals surface area (Å²) in [4.78, 5) is 0. The summed E-state index contributed by atoms with van der Waals surface area (Å²) in [6.07, 6.45) is 12.2. The van der Waals surface area contributed by atoms with Crippen LogP contribution in [0.5, 0.6) is 0 Å². The van der Waals surface area contributed by atoms with Crippen molar-refractivity contribution in [2.75, 3.05) is 0 Å². The zero-order valence-electron chi connectivity index (χ0n) is 18.7. The van der Waals surface area contributed by atoms with Crippen molar-refractivity contribution in [1.29, 1.82) is 5.26 Å². The first-order valence-corrected chi connectivity index (χ1v) is 11.8. The van der Waals surface area contributed by atoms with Crippen LogP contribution in [0.15, 0.2) is 42.5 Å². The number of rotatable bonds is 7. The van der Waals surface area contributed by atoms with Gasteiger partial charge in [-0.2, -0.15) is 5.26 Å². The minimum Gasteiger partial charge on any atom is -0.192 e. The third kappa shape index (κ3) is 6.50. The molecule has 0 spiro atoms. The molecule has 2 aromatic carbocycles. The number of benzene rings is 2. The maximum atomic E-state index is 9.58. The van der Waals surface area contributed by atoms with Crippen LogP contribution in [0.3, 0.4) is 0 Å². The van der Waals surface area contributed by atoms with E-state index in [1.165, 1.54) is 61.6 Å². The normalized spacial score (nSPS) is 18.3.